The Balaban J connectivity index is 1.20. The number of nitrogens with two attached hydrogens (primary N) is 2. The Bertz CT molecular complexity index is 2330. The Kier molecular flexibility index (Phi) is 7.67. The normalized spacial score (nSPS) is 11.4. The zero-order chi connectivity index (χ0) is 34.8. The first-order valence-electron chi connectivity index (χ1n) is 14.2. The second-order valence-corrected chi connectivity index (χ2v) is 9.98. The first kappa shape index (κ1) is 30.5. The first-order chi connectivity index (χ1) is 24.4. The van der Waals surface area contributed by atoms with Crippen LogP contribution >= 0.6 is 0 Å². The fourth-order valence-corrected chi connectivity index (χ4v) is 4.53. The molecule has 0 fully saturated rings. The van der Waals surface area contributed by atoms with Gasteiger partial charge < -0.3 is 11.5 Å². The van der Waals surface area contributed by atoms with Gasteiger partial charge in [0.2, 0.25) is 0 Å². The number of azo groups is 2. The van der Waals surface area contributed by atoms with Crippen molar-refractivity contribution in [2.45, 2.75) is 13.8 Å². The summed E-state index contributed by atoms with van der Waals surface area (Å²) in [5.41, 5.74) is 14.5. The van der Waals surface area contributed by atoms with Crippen LogP contribution in [0.2, 0.25) is 0 Å². The summed E-state index contributed by atoms with van der Waals surface area (Å²) in [5.74, 6) is 1.25. The van der Waals surface area contributed by atoms with Crippen molar-refractivity contribution >= 4 is 40.3 Å². The monoisotopic (exact) mass is 664 g/mol. The van der Waals surface area contributed by atoms with Gasteiger partial charge in [0, 0.05) is 24.8 Å². The van der Waals surface area contributed by atoms with Crippen LogP contribution in [0.5, 0.6) is 0 Å². The van der Waals surface area contributed by atoms with E-state index in [0.29, 0.717) is 11.4 Å². The van der Waals surface area contributed by atoms with Gasteiger partial charge in [-0.3, -0.25) is 4.98 Å². The predicted octanol–water partition coefficient (Wildman–Crippen LogP) is 3.83. The summed E-state index contributed by atoms with van der Waals surface area (Å²) in [4.78, 5) is 29.0. The van der Waals surface area contributed by atoms with Crippen LogP contribution in [0, 0.1) is 31.8 Å². The molecule has 22 nitrogen and oxygen atoms in total. The van der Waals surface area contributed by atoms with Crippen LogP contribution < -0.4 is 11.5 Å². The lowest BCUT2D eigenvalue weighted by molar-refractivity contribution is 0.790. The molecule has 0 aromatic carbocycles. The van der Waals surface area contributed by atoms with Crippen molar-refractivity contribution in [3.8, 4) is 29.6 Å². The molecular formula is C28H20N22. The lowest BCUT2D eigenvalue weighted by Crippen LogP contribution is -2.10. The van der Waals surface area contributed by atoms with E-state index >= 15 is 0 Å². The maximum atomic E-state index is 9.60. The van der Waals surface area contributed by atoms with Crippen LogP contribution in [0.3, 0.4) is 0 Å². The summed E-state index contributed by atoms with van der Waals surface area (Å²) in [7, 11) is 0. The molecule has 0 saturated heterocycles. The van der Waals surface area contributed by atoms with Crippen LogP contribution in [-0.4, -0.2) is 69.0 Å². The van der Waals surface area contributed by atoms with Gasteiger partial charge in [0.25, 0.3) is 17.6 Å². The summed E-state index contributed by atoms with van der Waals surface area (Å²) < 4.78 is 5.24. The molecule has 50 heavy (non-hydrogen) atoms. The Morgan fingerprint density at radius 2 is 1.20 bits per heavy atom. The number of anilines is 2. The van der Waals surface area contributed by atoms with Gasteiger partial charge in [-0.05, 0) is 26.0 Å². The average Bonchev–Trinajstić information content (AvgIpc) is 3.90. The molecule has 0 unspecified atom stereocenters. The largest absolute Gasteiger partial charge is 0.382 e. The summed E-state index contributed by atoms with van der Waals surface area (Å²) in [6, 6.07) is 5.33. The molecule has 0 spiro atoms. The van der Waals surface area contributed by atoms with Crippen molar-refractivity contribution < 1.29 is 0 Å². The van der Waals surface area contributed by atoms with E-state index in [9.17, 15) is 5.26 Å². The van der Waals surface area contributed by atoms with Crippen molar-refractivity contribution in [1.29, 1.82) is 5.26 Å². The van der Waals surface area contributed by atoms with Crippen molar-refractivity contribution in [2.75, 3.05) is 11.5 Å². The van der Waals surface area contributed by atoms with E-state index in [4.69, 9.17) is 18.0 Å². The topological polar surface area (TPSA) is 278 Å². The molecule has 4 N–H and O–H groups in total. The first-order valence-corrected chi connectivity index (χ1v) is 14.2. The quantitative estimate of drug-likeness (QED) is 0.173. The minimum Gasteiger partial charge on any atom is -0.382 e. The maximum absolute atomic E-state index is 9.60. The fraction of sp³-hybridized carbons (Fsp3) is 0.0714. The molecule has 0 saturated carbocycles. The molecule has 0 aliphatic heterocycles. The number of nitrogen functional groups attached to an aromatic ring is 2. The molecule has 0 atom stereocenters. The molecule has 242 valence electrons. The number of rotatable bonds is 8. The molecule has 7 rings (SSSR count). The van der Waals surface area contributed by atoms with Gasteiger partial charge >= 0.3 is 0 Å². The second kappa shape index (κ2) is 12.6. The molecule has 7 heterocycles. The van der Waals surface area contributed by atoms with Crippen LogP contribution in [0.4, 0.5) is 40.3 Å². The number of nitrogens with zero attached hydrogens (tertiary/aromatic N) is 20. The lowest BCUT2D eigenvalue weighted by atomic mass is 10.4. The molecule has 0 aliphatic rings. The van der Waals surface area contributed by atoms with Crippen LogP contribution in [0.25, 0.3) is 28.4 Å². The van der Waals surface area contributed by atoms with Gasteiger partial charge in [-0.2, -0.15) is 44.4 Å². The van der Waals surface area contributed by atoms with E-state index in [1.807, 2.05) is 6.07 Å². The maximum Gasteiger partial charge on any atom is 0.252 e. The van der Waals surface area contributed by atoms with Gasteiger partial charge in [-0.1, -0.05) is 0 Å². The molecule has 0 aliphatic carbocycles. The minimum absolute atomic E-state index is 0.0898. The van der Waals surface area contributed by atoms with Crippen LogP contribution in [-0.2, 0) is 0 Å². The number of aromatic nitrogens is 14. The third-order valence-electron chi connectivity index (χ3n) is 6.85. The lowest BCUT2D eigenvalue weighted by Gasteiger charge is -2.06. The van der Waals surface area contributed by atoms with Gasteiger partial charge in [0.1, 0.15) is 11.6 Å². The minimum atomic E-state index is 0.0898. The third-order valence-corrected chi connectivity index (χ3v) is 6.85. The van der Waals surface area contributed by atoms with Crippen LogP contribution in [0.1, 0.15) is 17.0 Å². The van der Waals surface area contributed by atoms with E-state index in [1.54, 1.807) is 26.0 Å². The van der Waals surface area contributed by atoms with Crippen molar-refractivity contribution in [1.82, 2.24) is 69.0 Å². The van der Waals surface area contributed by atoms with Gasteiger partial charge in [0.05, 0.1) is 42.7 Å². The highest BCUT2D eigenvalue weighted by atomic mass is 15.4. The van der Waals surface area contributed by atoms with Gasteiger partial charge in [-0.25, -0.2) is 29.8 Å². The Morgan fingerprint density at radius 1 is 0.700 bits per heavy atom. The highest BCUT2D eigenvalue weighted by Crippen LogP contribution is 2.35. The number of hydrogen-bond donors (Lipinski definition) is 2. The molecular weight excluding hydrogens is 644 g/mol. The Morgan fingerprint density at radius 3 is 1.72 bits per heavy atom. The zero-order valence-electron chi connectivity index (χ0n) is 25.9. The third kappa shape index (κ3) is 5.37. The van der Waals surface area contributed by atoms with Gasteiger partial charge in [0.15, 0.2) is 46.3 Å². The number of hydrogen-bond acceptors (Lipinski definition) is 17. The van der Waals surface area contributed by atoms with Crippen molar-refractivity contribution in [3.63, 3.8) is 0 Å². The molecule has 0 radical (unpaired) electrons. The highest BCUT2D eigenvalue weighted by Gasteiger charge is 2.21. The number of aryl methyl sites for hydroxylation is 2. The second-order valence-electron chi connectivity index (χ2n) is 9.98. The van der Waals surface area contributed by atoms with Crippen molar-refractivity contribution in [2.24, 2.45) is 20.5 Å². The SMILES string of the molecule is [C-]#[N+]c1cnn(-c2ncccn2)c1N=Nc1c(C)nn(-c2cncc(-n3nc(C)c(N=Nc4c(C#N)cnn4-c4ncccn4)c3N)n2)c1N. The van der Waals surface area contributed by atoms with E-state index in [2.05, 4.69) is 75.6 Å². The molecule has 0 bridgehead atoms. The zero-order valence-corrected chi connectivity index (χ0v) is 25.9. The number of nitriles is 1. The van der Waals surface area contributed by atoms with Crippen LogP contribution in [0.15, 0.2) is 82.2 Å². The predicted molar refractivity (Wildman–Crippen MR) is 172 cm³/mol. The fourth-order valence-electron chi connectivity index (χ4n) is 4.53. The van der Waals surface area contributed by atoms with E-state index in [1.165, 1.54) is 68.3 Å². The van der Waals surface area contributed by atoms with E-state index in [-0.39, 0.29) is 69.4 Å². The van der Waals surface area contributed by atoms with E-state index in [0.717, 1.165) is 0 Å². The molecule has 22 heteroatoms. The highest BCUT2D eigenvalue weighted by molar-refractivity contribution is 5.66. The standard InChI is InChI=1S/C28H20N22/c1-15-21(41-43-25-17(10-29)11-38-49(25)27-34-6-4-7-35-27)23(30)47(45-15)19-13-33-14-20(40-19)48-24(31)22(16(2)46-48)42-44-26-18(32-3)12-39-50(26)28-36-8-5-9-37-28/h4-9,11-14H,30-31H2,1-2H3. The van der Waals surface area contributed by atoms with Crippen molar-refractivity contribution in [3.05, 3.63) is 90.1 Å². The van der Waals surface area contributed by atoms with Gasteiger partial charge in [-0.15, -0.1) is 20.5 Å². The molecule has 0 amide bonds. The smallest absolute Gasteiger partial charge is 0.252 e. The molecule has 7 aromatic rings. The average molecular weight is 665 g/mol. The summed E-state index contributed by atoms with van der Waals surface area (Å²) in [6.07, 6.45) is 11.7. The Labute approximate surface area is 280 Å². The summed E-state index contributed by atoms with van der Waals surface area (Å²) >= 11 is 0. The summed E-state index contributed by atoms with van der Waals surface area (Å²) in [5, 5.41) is 44.0. The van der Waals surface area contributed by atoms with E-state index < -0.39 is 0 Å². The molecule has 7 aromatic heterocycles. The summed E-state index contributed by atoms with van der Waals surface area (Å²) in [6.45, 7) is 10.9. The Hall–Kier alpha value is -8.14.